The average molecular weight is 439 g/mol. The van der Waals surface area contributed by atoms with Crippen LogP contribution in [0.3, 0.4) is 0 Å². The molecule has 0 aliphatic carbocycles. The van der Waals surface area contributed by atoms with E-state index in [2.05, 4.69) is 31.9 Å². The van der Waals surface area contributed by atoms with Gasteiger partial charge in [-0.3, -0.25) is 4.79 Å². The molecule has 0 unspecified atom stereocenters. The van der Waals surface area contributed by atoms with E-state index in [4.69, 9.17) is 27.9 Å². The van der Waals surface area contributed by atoms with Crippen molar-refractivity contribution in [3.63, 3.8) is 0 Å². The van der Waals surface area contributed by atoms with Gasteiger partial charge in [0.1, 0.15) is 5.75 Å². The van der Waals surface area contributed by atoms with E-state index in [1.54, 1.807) is 36.4 Å². The molecule has 0 aromatic heterocycles. The summed E-state index contributed by atoms with van der Waals surface area (Å²) >= 11 is 18.6. The van der Waals surface area contributed by atoms with Crippen LogP contribution in [0.4, 0.5) is 0 Å². The molecule has 0 bridgehead atoms. The van der Waals surface area contributed by atoms with Crippen LogP contribution in [0, 0.1) is 0 Å². The first-order valence-electron chi connectivity index (χ1n) is 5.53. The second-order valence-electron chi connectivity index (χ2n) is 3.92. The van der Waals surface area contributed by atoms with E-state index < -0.39 is 0 Å². The molecule has 6 heteroatoms. The normalized spacial score (nSPS) is 10.4. The van der Waals surface area contributed by atoms with Crippen LogP contribution in [0.5, 0.6) is 5.75 Å². The van der Waals surface area contributed by atoms with Gasteiger partial charge in [-0.2, -0.15) is 0 Å². The highest BCUT2D eigenvalue weighted by Crippen LogP contribution is 2.34. The number of carbonyl (C=O) groups excluding carboxylic acids is 1. The molecule has 0 saturated carbocycles. The molecule has 0 radical (unpaired) electrons. The lowest BCUT2D eigenvalue weighted by molar-refractivity contribution is 0.0921. The van der Waals surface area contributed by atoms with Crippen LogP contribution in [0.1, 0.15) is 10.4 Å². The maximum absolute atomic E-state index is 12.0. The Balaban J connectivity index is 2.07. The van der Waals surface area contributed by atoms with Gasteiger partial charge in [0.25, 0.3) is 0 Å². The predicted molar refractivity (Wildman–Crippen MR) is 88.1 cm³/mol. The lowest BCUT2D eigenvalue weighted by atomic mass is 10.1. The minimum Gasteiger partial charge on any atom is -0.484 e. The molecular weight excluding hydrogens is 431 g/mol. The van der Waals surface area contributed by atoms with Gasteiger partial charge < -0.3 is 4.74 Å². The third kappa shape index (κ3) is 3.98. The van der Waals surface area contributed by atoms with Crippen molar-refractivity contribution in [2.24, 2.45) is 0 Å². The number of hydrogen-bond acceptors (Lipinski definition) is 2. The summed E-state index contributed by atoms with van der Waals surface area (Å²) in [5.74, 6) is 0.248. The first-order chi connectivity index (χ1) is 9.47. The Hall–Kier alpha value is -0.550. The van der Waals surface area contributed by atoms with Gasteiger partial charge in [-0.15, -0.1) is 0 Å². The fourth-order valence-electron chi connectivity index (χ4n) is 1.48. The Morgan fingerprint density at radius 1 is 1.05 bits per heavy atom. The van der Waals surface area contributed by atoms with Crippen molar-refractivity contribution >= 4 is 60.8 Å². The smallest absolute Gasteiger partial charge is 0.200 e. The van der Waals surface area contributed by atoms with Crippen molar-refractivity contribution in [1.82, 2.24) is 0 Å². The molecule has 0 N–H and O–H groups in total. The van der Waals surface area contributed by atoms with Gasteiger partial charge in [0.2, 0.25) is 0 Å². The predicted octanol–water partition coefficient (Wildman–Crippen LogP) is 5.78. The molecule has 2 rings (SSSR count). The van der Waals surface area contributed by atoms with Crippen molar-refractivity contribution in [2.45, 2.75) is 0 Å². The van der Waals surface area contributed by atoms with Crippen molar-refractivity contribution < 1.29 is 9.53 Å². The van der Waals surface area contributed by atoms with Gasteiger partial charge in [-0.25, -0.2) is 0 Å². The van der Waals surface area contributed by atoms with Gasteiger partial charge in [0.05, 0.1) is 10.0 Å². The molecule has 0 heterocycles. The van der Waals surface area contributed by atoms with Gasteiger partial charge in [-0.05, 0) is 34.1 Å². The van der Waals surface area contributed by atoms with E-state index in [1.807, 2.05) is 0 Å². The fourth-order valence-corrected chi connectivity index (χ4v) is 2.59. The Morgan fingerprint density at radius 3 is 2.35 bits per heavy atom. The largest absolute Gasteiger partial charge is 0.484 e. The molecule has 20 heavy (non-hydrogen) atoms. The Kier molecular flexibility index (Phi) is 5.49. The molecule has 0 atom stereocenters. The van der Waals surface area contributed by atoms with Gasteiger partial charge in [-0.1, -0.05) is 51.3 Å². The number of Topliss-reactive ketones (excluding diaryl/α,β-unsaturated/α-hetero) is 1. The minimum atomic E-state index is -0.132. The number of ketones is 1. The standard InChI is InChI=1S/C14H8Br2Cl2O2/c15-9-3-1-8(2-4-9)13(19)7-20-14-6-11(17)10(16)5-12(14)18/h1-6H,7H2. The highest BCUT2D eigenvalue weighted by atomic mass is 79.9. The highest BCUT2D eigenvalue weighted by Gasteiger charge is 2.10. The Bertz CT molecular complexity index is 642. The molecule has 2 aromatic carbocycles. The van der Waals surface area contributed by atoms with Crippen LogP contribution in [-0.4, -0.2) is 12.4 Å². The quantitative estimate of drug-likeness (QED) is 0.446. The van der Waals surface area contributed by atoms with E-state index in [0.29, 0.717) is 25.8 Å². The number of ether oxygens (including phenoxy) is 1. The SMILES string of the molecule is O=C(COc1cc(Cl)c(Br)cc1Cl)c1ccc(Br)cc1. The van der Waals surface area contributed by atoms with Crippen LogP contribution in [0.2, 0.25) is 10.0 Å². The summed E-state index contributed by atoms with van der Waals surface area (Å²) in [5, 5.41) is 0.866. The van der Waals surface area contributed by atoms with Crippen LogP contribution in [0.15, 0.2) is 45.3 Å². The monoisotopic (exact) mass is 436 g/mol. The molecule has 2 aromatic rings. The zero-order valence-corrected chi connectivity index (χ0v) is 14.7. The number of hydrogen-bond donors (Lipinski definition) is 0. The van der Waals surface area contributed by atoms with E-state index in [0.717, 1.165) is 4.47 Å². The topological polar surface area (TPSA) is 26.3 Å². The molecule has 0 saturated heterocycles. The van der Waals surface area contributed by atoms with Crippen LogP contribution in [0.25, 0.3) is 0 Å². The third-order valence-corrected chi connectivity index (χ3v) is 4.52. The highest BCUT2D eigenvalue weighted by molar-refractivity contribution is 9.10. The Labute approximate surface area is 143 Å². The van der Waals surface area contributed by atoms with E-state index in [1.165, 1.54) is 0 Å². The first kappa shape index (κ1) is 15.8. The van der Waals surface area contributed by atoms with Crippen LogP contribution >= 0.6 is 55.1 Å². The lowest BCUT2D eigenvalue weighted by Gasteiger charge is -2.09. The molecule has 0 aliphatic rings. The summed E-state index contributed by atoms with van der Waals surface area (Å²) < 4.78 is 7.01. The Morgan fingerprint density at radius 2 is 1.70 bits per heavy atom. The van der Waals surface area contributed by atoms with E-state index >= 15 is 0 Å². The van der Waals surface area contributed by atoms with E-state index in [9.17, 15) is 4.79 Å². The second kappa shape index (κ2) is 6.94. The van der Waals surface area contributed by atoms with Crippen molar-refractivity contribution in [3.8, 4) is 5.75 Å². The summed E-state index contributed by atoms with van der Waals surface area (Å²) in [6.07, 6.45) is 0. The third-order valence-electron chi connectivity index (χ3n) is 2.50. The zero-order chi connectivity index (χ0) is 14.7. The molecule has 0 aliphatic heterocycles. The molecule has 2 nitrogen and oxygen atoms in total. The van der Waals surface area contributed by atoms with Crippen LogP contribution in [-0.2, 0) is 0 Å². The summed E-state index contributed by atoms with van der Waals surface area (Å²) in [6.45, 7) is -0.0979. The van der Waals surface area contributed by atoms with Crippen molar-refractivity contribution in [2.75, 3.05) is 6.61 Å². The lowest BCUT2D eigenvalue weighted by Crippen LogP contribution is -2.11. The number of carbonyl (C=O) groups is 1. The number of benzene rings is 2. The molecule has 0 fully saturated rings. The average Bonchev–Trinajstić information content (AvgIpc) is 2.42. The van der Waals surface area contributed by atoms with Gasteiger partial charge in [0, 0.05) is 20.6 Å². The minimum absolute atomic E-state index is 0.0979. The fraction of sp³-hybridized carbons (Fsp3) is 0.0714. The van der Waals surface area contributed by atoms with Crippen LogP contribution < -0.4 is 4.74 Å². The zero-order valence-electron chi connectivity index (χ0n) is 10.00. The summed E-state index contributed by atoms with van der Waals surface area (Å²) in [7, 11) is 0. The molecular formula is C14H8Br2Cl2O2. The molecule has 104 valence electrons. The van der Waals surface area contributed by atoms with E-state index in [-0.39, 0.29) is 12.4 Å². The summed E-state index contributed by atoms with van der Waals surface area (Å²) in [5.41, 5.74) is 0.576. The second-order valence-corrected chi connectivity index (χ2v) is 6.50. The molecule has 0 amide bonds. The summed E-state index contributed by atoms with van der Waals surface area (Å²) in [6, 6.07) is 10.3. The van der Waals surface area contributed by atoms with Crippen molar-refractivity contribution in [1.29, 1.82) is 0 Å². The maximum atomic E-state index is 12.0. The maximum Gasteiger partial charge on any atom is 0.200 e. The number of rotatable bonds is 4. The number of halogens is 4. The van der Waals surface area contributed by atoms with Gasteiger partial charge in [0.15, 0.2) is 12.4 Å². The van der Waals surface area contributed by atoms with Crippen molar-refractivity contribution in [3.05, 3.63) is 61.0 Å². The first-order valence-corrected chi connectivity index (χ1v) is 7.87. The molecule has 0 spiro atoms. The summed E-state index contributed by atoms with van der Waals surface area (Å²) in [4.78, 5) is 12.0. The van der Waals surface area contributed by atoms with Gasteiger partial charge >= 0.3 is 0 Å².